The first-order valence-corrected chi connectivity index (χ1v) is 3.62. The number of rotatable bonds is 4. The van der Waals surface area contributed by atoms with Crippen molar-refractivity contribution >= 4 is 5.91 Å². The third kappa shape index (κ3) is 3.28. The summed E-state index contributed by atoms with van der Waals surface area (Å²) < 4.78 is 0. The van der Waals surface area contributed by atoms with Crippen molar-refractivity contribution in [2.75, 3.05) is 0 Å². The van der Waals surface area contributed by atoms with E-state index < -0.39 is 0 Å². The summed E-state index contributed by atoms with van der Waals surface area (Å²) in [6, 6.07) is 0. The summed E-state index contributed by atoms with van der Waals surface area (Å²) in [5.41, 5.74) is 5.12. The lowest BCUT2D eigenvalue weighted by Crippen LogP contribution is -2.21. The predicted octanol–water partition coefficient (Wildman–Crippen LogP) is 1.46. The monoisotopic (exact) mass is 141 g/mol. The van der Waals surface area contributed by atoms with Gasteiger partial charge in [0.1, 0.15) is 0 Å². The molecule has 1 amide bonds. The Kier molecular flexibility index (Phi) is 4.63. The van der Waals surface area contributed by atoms with E-state index in [-0.39, 0.29) is 11.8 Å². The van der Waals surface area contributed by atoms with Crippen molar-refractivity contribution in [2.24, 2.45) is 11.7 Å². The second kappa shape index (κ2) is 5.03. The molecule has 10 heavy (non-hydrogen) atoms. The SMILES string of the molecule is CC=CCC(CC)C(N)=O. The van der Waals surface area contributed by atoms with Gasteiger partial charge in [0, 0.05) is 5.92 Å². The van der Waals surface area contributed by atoms with Crippen LogP contribution in [0.2, 0.25) is 0 Å². The molecule has 0 aliphatic rings. The maximum atomic E-state index is 10.6. The van der Waals surface area contributed by atoms with Crippen LogP contribution in [-0.2, 0) is 4.79 Å². The van der Waals surface area contributed by atoms with E-state index in [1.54, 1.807) is 0 Å². The van der Waals surface area contributed by atoms with Gasteiger partial charge < -0.3 is 5.73 Å². The molecule has 2 nitrogen and oxygen atoms in total. The number of nitrogens with two attached hydrogens (primary N) is 1. The van der Waals surface area contributed by atoms with Crippen LogP contribution in [-0.4, -0.2) is 5.91 Å². The van der Waals surface area contributed by atoms with E-state index in [1.165, 1.54) is 0 Å². The molecule has 0 aromatic heterocycles. The van der Waals surface area contributed by atoms with Gasteiger partial charge >= 0.3 is 0 Å². The number of amides is 1. The Bertz CT molecular complexity index is 129. The minimum absolute atomic E-state index is 0.0243. The molecular weight excluding hydrogens is 126 g/mol. The number of hydrogen-bond acceptors (Lipinski definition) is 1. The van der Waals surface area contributed by atoms with Gasteiger partial charge in [0.05, 0.1) is 0 Å². The molecule has 0 fully saturated rings. The first kappa shape index (κ1) is 9.21. The first-order valence-electron chi connectivity index (χ1n) is 3.62. The van der Waals surface area contributed by atoms with Crippen molar-refractivity contribution in [2.45, 2.75) is 26.7 Å². The molecule has 0 spiro atoms. The van der Waals surface area contributed by atoms with Crippen LogP contribution in [0.4, 0.5) is 0 Å². The first-order chi connectivity index (χ1) is 4.72. The zero-order chi connectivity index (χ0) is 7.98. The summed E-state index contributed by atoms with van der Waals surface area (Å²) in [5, 5.41) is 0. The minimum Gasteiger partial charge on any atom is -0.369 e. The number of carbonyl (C=O) groups is 1. The molecule has 58 valence electrons. The van der Waals surface area contributed by atoms with Crippen LogP contribution in [0, 0.1) is 5.92 Å². The molecule has 0 saturated heterocycles. The van der Waals surface area contributed by atoms with Gasteiger partial charge in [0.15, 0.2) is 0 Å². The summed E-state index contributed by atoms with van der Waals surface area (Å²) >= 11 is 0. The molecule has 2 N–H and O–H groups in total. The number of carbonyl (C=O) groups excluding carboxylic acids is 1. The van der Waals surface area contributed by atoms with Crippen molar-refractivity contribution in [3.05, 3.63) is 12.2 Å². The second-order valence-electron chi connectivity index (χ2n) is 2.31. The lowest BCUT2D eigenvalue weighted by molar-refractivity contribution is -0.121. The van der Waals surface area contributed by atoms with E-state index in [9.17, 15) is 4.79 Å². The standard InChI is InChI=1S/C8H15NO/c1-3-5-6-7(4-2)8(9)10/h3,5,7H,4,6H2,1-2H3,(H2,9,10). The minimum atomic E-state index is -0.194. The van der Waals surface area contributed by atoms with Gasteiger partial charge in [-0.1, -0.05) is 19.1 Å². The van der Waals surface area contributed by atoms with Gasteiger partial charge in [-0.05, 0) is 19.8 Å². The van der Waals surface area contributed by atoms with E-state index in [1.807, 2.05) is 26.0 Å². The highest BCUT2D eigenvalue weighted by molar-refractivity contribution is 5.76. The highest BCUT2D eigenvalue weighted by Crippen LogP contribution is 2.07. The quantitative estimate of drug-likeness (QED) is 0.592. The Balaban J connectivity index is 3.71. The molecule has 0 aliphatic heterocycles. The Labute approximate surface area is 62.1 Å². The highest BCUT2D eigenvalue weighted by Gasteiger charge is 2.09. The lowest BCUT2D eigenvalue weighted by Gasteiger charge is -2.05. The van der Waals surface area contributed by atoms with Gasteiger partial charge in [0.25, 0.3) is 0 Å². The number of hydrogen-bond donors (Lipinski definition) is 1. The Morgan fingerprint density at radius 3 is 2.60 bits per heavy atom. The Hall–Kier alpha value is -0.790. The largest absolute Gasteiger partial charge is 0.369 e. The average molecular weight is 141 g/mol. The summed E-state index contributed by atoms with van der Waals surface area (Å²) in [7, 11) is 0. The van der Waals surface area contributed by atoms with Crippen molar-refractivity contribution in [3.63, 3.8) is 0 Å². The molecule has 0 radical (unpaired) electrons. The lowest BCUT2D eigenvalue weighted by atomic mass is 10.0. The molecule has 0 heterocycles. The maximum Gasteiger partial charge on any atom is 0.220 e. The molecular formula is C8H15NO. The summed E-state index contributed by atoms with van der Waals surface area (Å²) in [4.78, 5) is 10.6. The molecule has 0 aromatic rings. The van der Waals surface area contributed by atoms with E-state index in [2.05, 4.69) is 0 Å². The molecule has 0 saturated carbocycles. The summed E-state index contributed by atoms with van der Waals surface area (Å²) in [5.74, 6) is -0.170. The molecule has 2 heteroatoms. The van der Waals surface area contributed by atoms with E-state index >= 15 is 0 Å². The topological polar surface area (TPSA) is 43.1 Å². The fourth-order valence-corrected chi connectivity index (χ4v) is 0.784. The van der Waals surface area contributed by atoms with Crippen LogP contribution in [0.3, 0.4) is 0 Å². The zero-order valence-electron chi connectivity index (χ0n) is 6.63. The van der Waals surface area contributed by atoms with E-state index in [0.717, 1.165) is 12.8 Å². The number of allylic oxidation sites excluding steroid dienone is 2. The maximum absolute atomic E-state index is 10.6. The third-order valence-corrected chi connectivity index (χ3v) is 1.55. The fourth-order valence-electron chi connectivity index (χ4n) is 0.784. The Morgan fingerprint density at radius 2 is 2.30 bits per heavy atom. The van der Waals surface area contributed by atoms with Crippen molar-refractivity contribution in [3.8, 4) is 0 Å². The Morgan fingerprint density at radius 1 is 1.70 bits per heavy atom. The van der Waals surface area contributed by atoms with Crippen LogP contribution < -0.4 is 5.73 Å². The van der Waals surface area contributed by atoms with Gasteiger partial charge in [-0.25, -0.2) is 0 Å². The van der Waals surface area contributed by atoms with Gasteiger partial charge in [-0.15, -0.1) is 0 Å². The summed E-state index contributed by atoms with van der Waals surface area (Å²) in [6.07, 6.45) is 5.52. The normalized spacial score (nSPS) is 13.8. The van der Waals surface area contributed by atoms with Crippen molar-refractivity contribution in [1.29, 1.82) is 0 Å². The molecule has 1 unspecified atom stereocenters. The molecule has 0 bridgehead atoms. The van der Waals surface area contributed by atoms with Gasteiger partial charge in [-0.3, -0.25) is 4.79 Å². The van der Waals surface area contributed by atoms with Crippen molar-refractivity contribution < 1.29 is 4.79 Å². The van der Waals surface area contributed by atoms with Crippen LogP contribution in [0.25, 0.3) is 0 Å². The zero-order valence-corrected chi connectivity index (χ0v) is 6.63. The van der Waals surface area contributed by atoms with Gasteiger partial charge in [0.2, 0.25) is 5.91 Å². The smallest absolute Gasteiger partial charge is 0.220 e. The van der Waals surface area contributed by atoms with Gasteiger partial charge in [-0.2, -0.15) is 0 Å². The van der Waals surface area contributed by atoms with E-state index in [4.69, 9.17) is 5.73 Å². The molecule has 0 aromatic carbocycles. The van der Waals surface area contributed by atoms with Crippen LogP contribution >= 0.6 is 0 Å². The van der Waals surface area contributed by atoms with Crippen LogP contribution in [0.1, 0.15) is 26.7 Å². The predicted molar refractivity (Wildman–Crippen MR) is 42.4 cm³/mol. The van der Waals surface area contributed by atoms with E-state index in [0.29, 0.717) is 0 Å². The third-order valence-electron chi connectivity index (χ3n) is 1.55. The van der Waals surface area contributed by atoms with Crippen LogP contribution in [0.15, 0.2) is 12.2 Å². The molecule has 0 rings (SSSR count). The second-order valence-corrected chi connectivity index (χ2v) is 2.31. The average Bonchev–Trinajstić information content (AvgIpc) is 1.89. The highest BCUT2D eigenvalue weighted by atomic mass is 16.1. The summed E-state index contributed by atoms with van der Waals surface area (Å²) in [6.45, 7) is 3.91. The number of primary amides is 1. The molecule has 1 atom stereocenters. The van der Waals surface area contributed by atoms with Crippen molar-refractivity contribution in [1.82, 2.24) is 0 Å². The van der Waals surface area contributed by atoms with Crippen LogP contribution in [0.5, 0.6) is 0 Å². The molecule has 0 aliphatic carbocycles. The fraction of sp³-hybridized carbons (Fsp3) is 0.625.